The molecule has 0 unspecified atom stereocenters. The second-order valence-corrected chi connectivity index (χ2v) is 7.77. The second kappa shape index (κ2) is 7.26. The molecule has 0 bridgehead atoms. The average Bonchev–Trinajstić information content (AvgIpc) is 2.83. The van der Waals surface area contributed by atoms with Crippen LogP contribution in [0.4, 0.5) is 5.69 Å². The highest BCUT2D eigenvalue weighted by Gasteiger charge is 2.25. The average molecular weight is 333 g/mol. The van der Waals surface area contributed by atoms with Gasteiger partial charge in [-0.05, 0) is 49.6 Å². The molecule has 2 nitrogen and oxygen atoms in total. The van der Waals surface area contributed by atoms with Gasteiger partial charge in [0.1, 0.15) is 0 Å². The molecular weight excluding hydrogens is 311 g/mol. The Morgan fingerprint density at radius 3 is 2.60 bits per heavy atom. The van der Waals surface area contributed by atoms with Gasteiger partial charge in [0.25, 0.3) is 0 Å². The molecule has 112 valence electrons. The molecule has 2 rings (SSSR count). The fraction of sp³-hybridized carbons (Fsp3) is 0.600. The molecule has 0 saturated heterocycles. The molecule has 0 heterocycles. The Hall–Kier alpha value is -0.0900. The number of rotatable bonds is 5. The number of halogens is 2. The maximum atomic E-state index is 6.10. The van der Waals surface area contributed by atoms with Crippen LogP contribution in [-0.2, 0) is 0 Å². The molecule has 1 fully saturated rings. The molecule has 5 heteroatoms. The third-order valence-corrected chi connectivity index (χ3v) is 5.73. The van der Waals surface area contributed by atoms with Gasteiger partial charge in [-0.3, -0.25) is 0 Å². The smallest absolute Gasteiger partial charge is 0.0693 e. The summed E-state index contributed by atoms with van der Waals surface area (Å²) in [5.41, 5.74) is 7.34. The van der Waals surface area contributed by atoms with Crippen molar-refractivity contribution in [2.24, 2.45) is 0 Å². The number of benzene rings is 1. The molecule has 3 N–H and O–H groups in total. The molecule has 1 aromatic carbocycles. The lowest BCUT2D eigenvalue weighted by atomic mass is 10.1. The molecular formula is C15H22Cl2N2S. The number of nitrogen functional groups attached to an aromatic ring is 1. The first-order valence-electron chi connectivity index (χ1n) is 7.13. The molecule has 0 amide bonds. The zero-order valence-corrected chi connectivity index (χ0v) is 14.3. The molecule has 1 aromatic rings. The Kier molecular flexibility index (Phi) is 5.91. The van der Waals surface area contributed by atoms with Crippen LogP contribution in [0.15, 0.2) is 12.1 Å². The quantitative estimate of drug-likeness (QED) is 0.753. The van der Waals surface area contributed by atoms with E-state index in [0.717, 1.165) is 10.8 Å². The summed E-state index contributed by atoms with van der Waals surface area (Å²) in [5.74, 6) is 1.20. The van der Waals surface area contributed by atoms with E-state index in [4.69, 9.17) is 28.9 Å². The summed E-state index contributed by atoms with van der Waals surface area (Å²) < 4.78 is 0. The predicted molar refractivity (Wildman–Crippen MR) is 92.0 cm³/mol. The van der Waals surface area contributed by atoms with Crippen LogP contribution < -0.4 is 11.1 Å². The van der Waals surface area contributed by atoms with E-state index in [1.165, 1.54) is 25.0 Å². The lowest BCUT2D eigenvalue weighted by molar-refractivity contribution is 0.462. The molecule has 1 aliphatic carbocycles. The van der Waals surface area contributed by atoms with Crippen molar-refractivity contribution in [1.82, 2.24) is 5.32 Å². The molecule has 1 aliphatic rings. The molecule has 1 saturated carbocycles. The van der Waals surface area contributed by atoms with Gasteiger partial charge in [-0.15, -0.1) is 0 Å². The van der Waals surface area contributed by atoms with E-state index in [1.807, 2.05) is 12.1 Å². The number of hydrogen-bond donors (Lipinski definition) is 2. The Morgan fingerprint density at radius 1 is 1.35 bits per heavy atom. The molecule has 0 aliphatic heterocycles. The lowest BCUT2D eigenvalue weighted by Crippen LogP contribution is -2.29. The minimum atomic E-state index is 0.237. The van der Waals surface area contributed by atoms with Crippen LogP contribution in [0, 0.1) is 0 Å². The molecule has 0 spiro atoms. The van der Waals surface area contributed by atoms with Gasteiger partial charge >= 0.3 is 0 Å². The summed E-state index contributed by atoms with van der Waals surface area (Å²) in [6.45, 7) is 4.38. The first kappa shape index (κ1) is 16.3. The number of thioether (sulfide) groups is 1. The summed E-state index contributed by atoms with van der Waals surface area (Å²) in [6, 6.07) is 4.64. The maximum Gasteiger partial charge on any atom is 0.0693 e. The normalized spacial score (nSPS) is 24.0. The van der Waals surface area contributed by atoms with Crippen molar-refractivity contribution in [2.75, 3.05) is 11.5 Å². The van der Waals surface area contributed by atoms with Crippen LogP contribution in [0.1, 0.15) is 44.7 Å². The summed E-state index contributed by atoms with van der Waals surface area (Å²) >= 11 is 14.3. The monoisotopic (exact) mass is 332 g/mol. The molecule has 0 radical (unpaired) electrons. The fourth-order valence-corrected chi connectivity index (χ4v) is 4.43. The topological polar surface area (TPSA) is 38.0 Å². The van der Waals surface area contributed by atoms with E-state index >= 15 is 0 Å². The maximum absolute atomic E-state index is 6.10. The molecule has 20 heavy (non-hydrogen) atoms. The van der Waals surface area contributed by atoms with Crippen molar-refractivity contribution in [3.05, 3.63) is 27.7 Å². The lowest BCUT2D eigenvalue weighted by Gasteiger charge is -2.21. The van der Waals surface area contributed by atoms with E-state index in [1.54, 1.807) is 0 Å². The van der Waals surface area contributed by atoms with E-state index in [-0.39, 0.29) is 6.04 Å². The largest absolute Gasteiger partial charge is 0.396 e. The fourth-order valence-electron chi connectivity index (χ4n) is 2.78. The highest BCUT2D eigenvalue weighted by atomic mass is 35.5. The van der Waals surface area contributed by atoms with E-state index < -0.39 is 0 Å². The van der Waals surface area contributed by atoms with Crippen LogP contribution in [0.3, 0.4) is 0 Å². The number of nitrogens with two attached hydrogens (primary N) is 1. The summed E-state index contributed by atoms with van der Waals surface area (Å²) in [4.78, 5) is 0. The Bertz CT molecular complexity index is 444. The Labute approximate surface area is 135 Å². The second-order valence-electron chi connectivity index (χ2n) is 5.37. The first-order valence-corrected chi connectivity index (χ1v) is 8.93. The van der Waals surface area contributed by atoms with Crippen molar-refractivity contribution in [1.29, 1.82) is 0 Å². The highest BCUT2D eigenvalue weighted by Crippen LogP contribution is 2.33. The van der Waals surface area contributed by atoms with Gasteiger partial charge in [-0.25, -0.2) is 0 Å². The van der Waals surface area contributed by atoms with Gasteiger partial charge in [-0.1, -0.05) is 30.1 Å². The van der Waals surface area contributed by atoms with E-state index in [0.29, 0.717) is 21.8 Å². The van der Waals surface area contributed by atoms with E-state index in [9.17, 15) is 0 Å². The number of anilines is 1. The molecule has 3 atom stereocenters. The zero-order valence-electron chi connectivity index (χ0n) is 12.0. The van der Waals surface area contributed by atoms with E-state index in [2.05, 4.69) is 30.9 Å². The number of nitrogens with one attached hydrogen (secondary N) is 1. The van der Waals surface area contributed by atoms with Crippen molar-refractivity contribution in [2.45, 2.75) is 50.4 Å². The first-order chi connectivity index (χ1) is 9.51. The van der Waals surface area contributed by atoms with Crippen LogP contribution in [-0.4, -0.2) is 17.0 Å². The van der Waals surface area contributed by atoms with Crippen LogP contribution in [0.5, 0.6) is 0 Å². The Balaban J connectivity index is 1.97. The van der Waals surface area contributed by atoms with Crippen LogP contribution in [0.2, 0.25) is 10.0 Å². The van der Waals surface area contributed by atoms with Gasteiger partial charge in [0.05, 0.1) is 15.7 Å². The highest BCUT2D eigenvalue weighted by molar-refractivity contribution is 7.99. The molecule has 0 aromatic heterocycles. The van der Waals surface area contributed by atoms with Crippen molar-refractivity contribution in [3.8, 4) is 0 Å². The van der Waals surface area contributed by atoms with Gasteiger partial charge in [-0.2, -0.15) is 11.8 Å². The van der Waals surface area contributed by atoms with Crippen molar-refractivity contribution in [3.63, 3.8) is 0 Å². The standard InChI is InChI=1S/C15H22Cl2N2S/c1-3-20-12-5-4-11(8-12)19-9(2)10-6-13(16)15(18)14(17)7-10/h6-7,9,11-12,19H,3-5,8,18H2,1-2H3/t9-,11-,12-/m1/s1. The van der Waals surface area contributed by atoms with Gasteiger partial charge in [0.15, 0.2) is 0 Å². The van der Waals surface area contributed by atoms with Crippen molar-refractivity contribution < 1.29 is 0 Å². The summed E-state index contributed by atoms with van der Waals surface area (Å²) in [5, 5.41) is 5.56. The van der Waals surface area contributed by atoms with Crippen LogP contribution in [0.25, 0.3) is 0 Å². The SMILES string of the molecule is CCS[C@@H]1CC[C@@H](N[C@H](C)c2cc(Cl)c(N)c(Cl)c2)C1. The summed E-state index contributed by atoms with van der Waals surface area (Å²) in [6.07, 6.45) is 3.81. The third-order valence-electron chi connectivity index (χ3n) is 3.87. The van der Waals surface area contributed by atoms with Crippen molar-refractivity contribution >= 4 is 40.7 Å². The third kappa shape index (κ3) is 3.97. The minimum Gasteiger partial charge on any atom is -0.396 e. The zero-order chi connectivity index (χ0) is 14.7. The van der Waals surface area contributed by atoms with Crippen LogP contribution >= 0.6 is 35.0 Å². The Morgan fingerprint density at radius 2 is 2.00 bits per heavy atom. The summed E-state index contributed by atoms with van der Waals surface area (Å²) in [7, 11) is 0. The minimum absolute atomic E-state index is 0.237. The predicted octanol–water partition coefficient (Wildman–Crippen LogP) is 4.90. The number of hydrogen-bond acceptors (Lipinski definition) is 3. The van der Waals surface area contributed by atoms with Gasteiger partial charge in [0, 0.05) is 17.3 Å². The van der Waals surface area contributed by atoms with Gasteiger partial charge < -0.3 is 11.1 Å². The van der Waals surface area contributed by atoms with Gasteiger partial charge in [0.2, 0.25) is 0 Å².